The lowest BCUT2D eigenvalue weighted by molar-refractivity contribution is 0.348. The van der Waals surface area contributed by atoms with Gasteiger partial charge in [0.05, 0.1) is 15.8 Å². The predicted molar refractivity (Wildman–Crippen MR) is 74.0 cm³/mol. The number of halogens is 1. The van der Waals surface area contributed by atoms with E-state index in [1.54, 1.807) is 0 Å². The van der Waals surface area contributed by atoms with E-state index >= 15 is 0 Å². The summed E-state index contributed by atoms with van der Waals surface area (Å²) in [5.74, 6) is -0.0401. The predicted octanol–water partition coefficient (Wildman–Crippen LogP) is 3.15. The Hall–Kier alpha value is -1.10. The molecule has 0 aliphatic heterocycles. The lowest BCUT2D eigenvalue weighted by atomic mass is 9.87. The molecule has 5 heteroatoms. The van der Waals surface area contributed by atoms with Crippen LogP contribution < -0.4 is 5.73 Å². The quantitative estimate of drug-likeness (QED) is 0.685. The molecule has 2 rings (SSSR count). The zero-order chi connectivity index (χ0) is 14.0. The van der Waals surface area contributed by atoms with Crippen LogP contribution in [-0.2, 0) is 9.84 Å². The molecule has 106 valence electrons. The number of benzene rings is 1. The fourth-order valence-corrected chi connectivity index (χ4v) is 4.86. The number of anilines is 1. The summed E-state index contributed by atoms with van der Waals surface area (Å²) in [5, 5.41) is -0.376. The Labute approximate surface area is 113 Å². The Morgan fingerprint density at radius 3 is 2.74 bits per heavy atom. The summed E-state index contributed by atoms with van der Waals surface area (Å²) in [6.45, 7) is 2.09. The number of nitrogens with two attached hydrogens (primary N) is 1. The number of hydrogen-bond acceptors (Lipinski definition) is 3. The summed E-state index contributed by atoms with van der Waals surface area (Å²) >= 11 is 0. The van der Waals surface area contributed by atoms with Gasteiger partial charge in [0.2, 0.25) is 0 Å². The van der Waals surface area contributed by atoms with E-state index in [-0.39, 0.29) is 15.8 Å². The first-order valence-corrected chi connectivity index (χ1v) is 8.28. The number of sulfone groups is 1. The van der Waals surface area contributed by atoms with Gasteiger partial charge in [-0.3, -0.25) is 0 Å². The van der Waals surface area contributed by atoms with Gasteiger partial charge in [-0.2, -0.15) is 0 Å². The zero-order valence-corrected chi connectivity index (χ0v) is 11.9. The van der Waals surface area contributed by atoms with Crippen molar-refractivity contribution in [1.82, 2.24) is 0 Å². The van der Waals surface area contributed by atoms with Crippen molar-refractivity contribution in [1.29, 1.82) is 0 Å². The van der Waals surface area contributed by atoms with Crippen molar-refractivity contribution < 1.29 is 12.8 Å². The summed E-state index contributed by atoms with van der Waals surface area (Å²) in [5.41, 5.74) is 5.67. The maximum absolute atomic E-state index is 13.0. The molecular formula is C14H20FNO2S. The first kappa shape index (κ1) is 14.3. The molecule has 1 aliphatic rings. The maximum Gasteiger partial charge on any atom is 0.183 e. The third kappa shape index (κ3) is 2.91. The van der Waals surface area contributed by atoms with Gasteiger partial charge in [-0.15, -0.1) is 0 Å². The number of rotatable bonds is 3. The van der Waals surface area contributed by atoms with Crippen LogP contribution in [-0.4, -0.2) is 13.7 Å². The van der Waals surface area contributed by atoms with Gasteiger partial charge in [0, 0.05) is 0 Å². The Morgan fingerprint density at radius 1 is 1.37 bits per heavy atom. The summed E-state index contributed by atoms with van der Waals surface area (Å²) in [7, 11) is -3.44. The molecule has 1 aromatic rings. The fourth-order valence-electron chi connectivity index (χ4n) is 2.85. The van der Waals surface area contributed by atoms with Gasteiger partial charge in [-0.05, 0) is 37.0 Å². The first-order chi connectivity index (χ1) is 8.95. The van der Waals surface area contributed by atoms with Crippen LogP contribution in [0.5, 0.6) is 0 Å². The molecule has 1 aliphatic carbocycles. The van der Waals surface area contributed by atoms with Crippen molar-refractivity contribution in [3.05, 3.63) is 24.0 Å². The summed E-state index contributed by atoms with van der Waals surface area (Å²) < 4.78 is 38.2. The van der Waals surface area contributed by atoms with Crippen LogP contribution in [0.2, 0.25) is 0 Å². The molecule has 0 saturated heterocycles. The molecule has 1 aromatic carbocycles. The third-order valence-electron chi connectivity index (χ3n) is 4.03. The van der Waals surface area contributed by atoms with Crippen molar-refractivity contribution in [3.8, 4) is 0 Å². The molecule has 0 spiro atoms. The normalized spacial score (nSPS) is 24.3. The van der Waals surface area contributed by atoms with Crippen LogP contribution in [0.25, 0.3) is 0 Å². The minimum absolute atomic E-state index is 0.0126. The van der Waals surface area contributed by atoms with Crippen molar-refractivity contribution >= 4 is 15.5 Å². The lowest BCUT2D eigenvalue weighted by Crippen LogP contribution is -2.28. The minimum Gasteiger partial charge on any atom is -0.398 e. The smallest absolute Gasteiger partial charge is 0.183 e. The molecule has 0 amide bonds. The monoisotopic (exact) mass is 285 g/mol. The molecular weight excluding hydrogens is 265 g/mol. The van der Waals surface area contributed by atoms with Gasteiger partial charge in [-0.25, -0.2) is 12.8 Å². The van der Waals surface area contributed by atoms with Crippen molar-refractivity contribution in [3.63, 3.8) is 0 Å². The molecule has 1 saturated carbocycles. The molecule has 0 radical (unpaired) electrons. The van der Waals surface area contributed by atoms with E-state index in [1.807, 2.05) is 0 Å². The topological polar surface area (TPSA) is 60.2 Å². The highest BCUT2D eigenvalue weighted by atomic mass is 32.2. The molecule has 2 N–H and O–H groups in total. The first-order valence-electron chi connectivity index (χ1n) is 6.74. The number of nitrogen functional groups attached to an aromatic ring is 1. The van der Waals surface area contributed by atoms with E-state index in [0.29, 0.717) is 18.8 Å². The third-order valence-corrected chi connectivity index (χ3v) is 6.32. The second-order valence-electron chi connectivity index (χ2n) is 5.29. The largest absolute Gasteiger partial charge is 0.398 e. The van der Waals surface area contributed by atoms with Crippen LogP contribution in [0.4, 0.5) is 10.1 Å². The standard InChI is InChI=1S/C14H20FNO2S/c1-2-10-4-3-5-12(8-10)19(17,18)14-7-6-11(15)9-13(14)16/h6-7,9-10,12H,2-5,8,16H2,1H3. The van der Waals surface area contributed by atoms with Crippen LogP contribution >= 0.6 is 0 Å². The van der Waals surface area contributed by atoms with Crippen LogP contribution in [0, 0.1) is 11.7 Å². The van der Waals surface area contributed by atoms with Crippen molar-refractivity contribution in [2.24, 2.45) is 5.92 Å². The van der Waals surface area contributed by atoms with Crippen LogP contribution in [0.3, 0.4) is 0 Å². The van der Waals surface area contributed by atoms with Gasteiger partial charge in [0.15, 0.2) is 9.84 Å². The van der Waals surface area contributed by atoms with Crippen LogP contribution in [0.1, 0.15) is 39.0 Å². The minimum atomic E-state index is -3.44. The van der Waals surface area contributed by atoms with Gasteiger partial charge >= 0.3 is 0 Å². The molecule has 2 atom stereocenters. The van der Waals surface area contributed by atoms with Gasteiger partial charge < -0.3 is 5.73 Å². The highest BCUT2D eigenvalue weighted by Gasteiger charge is 2.33. The van der Waals surface area contributed by atoms with Crippen molar-refractivity contribution in [2.45, 2.75) is 49.2 Å². The van der Waals surface area contributed by atoms with E-state index in [0.717, 1.165) is 31.4 Å². The average Bonchev–Trinajstić information content (AvgIpc) is 2.38. The maximum atomic E-state index is 13.0. The second-order valence-corrected chi connectivity index (χ2v) is 7.49. The Balaban J connectivity index is 2.31. The van der Waals surface area contributed by atoms with Gasteiger partial charge in [0.25, 0.3) is 0 Å². The summed E-state index contributed by atoms with van der Waals surface area (Å²) in [6.07, 6.45) is 4.40. The lowest BCUT2D eigenvalue weighted by Gasteiger charge is -2.28. The average molecular weight is 285 g/mol. The Kier molecular flexibility index (Phi) is 4.13. The summed E-state index contributed by atoms with van der Waals surface area (Å²) in [4.78, 5) is 0.0793. The molecule has 1 fully saturated rings. The van der Waals surface area contributed by atoms with Crippen LogP contribution in [0.15, 0.2) is 23.1 Å². The second kappa shape index (κ2) is 5.49. The van der Waals surface area contributed by atoms with E-state index in [9.17, 15) is 12.8 Å². The van der Waals surface area contributed by atoms with E-state index < -0.39 is 15.7 Å². The highest BCUT2D eigenvalue weighted by molar-refractivity contribution is 7.92. The van der Waals surface area contributed by atoms with E-state index in [4.69, 9.17) is 5.73 Å². The fraction of sp³-hybridized carbons (Fsp3) is 0.571. The molecule has 0 aromatic heterocycles. The molecule has 3 nitrogen and oxygen atoms in total. The zero-order valence-electron chi connectivity index (χ0n) is 11.1. The molecule has 19 heavy (non-hydrogen) atoms. The van der Waals surface area contributed by atoms with Crippen molar-refractivity contribution in [2.75, 3.05) is 5.73 Å². The van der Waals surface area contributed by atoms with Gasteiger partial charge in [0.1, 0.15) is 5.82 Å². The molecule has 0 bridgehead atoms. The Morgan fingerprint density at radius 2 is 2.11 bits per heavy atom. The van der Waals surface area contributed by atoms with Gasteiger partial charge in [-0.1, -0.05) is 26.2 Å². The van der Waals surface area contributed by atoms with E-state index in [2.05, 4.69) is 6.92 Å². The highest BCUT2D eigenvalue weighted by Crippen LogP contribution is 2.35. The number of hydrogen-bond donors (Lipinski definition) is 1. The summed E-state index contributed by atoms with van der Waals surface area (Å²) in [6, 6.07) is 3.52. The SMILES string of the molecule is CCC1CCCC(S(=O)(=O)c2ccc(F)cc2N)C1. The molecule has 2 unspecified atom stereocenters. The van der Waals surface area contributed by atoms with E-state index in [1.165, 1.54) is 6.07 Å². The Bertz CT molecular complexity index is 557. The molecule has 0 heterocycles.